The van der Waals surface area contributed by atoms with Crippen molar-refractivity contribution in [1.29, 1.82) is 0 Å². The Morgan fingerprint density at radius 3 is 2.12 bits per heavy atom. The second kappa shape index (κ2) is 12.1. The zero-order valence-corrected chi connectivity index (χ0v) is 16.6. The molecule has 1 heterocycles. The van der Waals surface area contributed by atoms with Gasteiger partial charge >= 0.3 is 0 Å². The summed E-state index contributed by atoms with van der Waals surface area (Å²) in [7, 11) is 0. The van der Waals surface area contributed by atoms with Crippen LogP contribution in [0, 0.1) is 0 Å². The van der Waals surface area contributed by atoms with Crippen molar-refractivity contribution in [3.63, 3.8) is 0 Å². The molecule has 1 N–H and O–H groups in total. The molecule has 0 bridgehead atoms. The lowest BCUT2D eigenvalue weighted by Crippen LogP contribution is -2.25. The van der Waals surface area contributed by atoms with Crippen LogP contribution in [0.5, 0.6) is 0 Å². The molecule has 140 valence electrons. The predicted octanol–water partition coefficient (Wildman–Crippen LogP) is 5.90. The molecule has 0 saturated carbocycles. The van der Waals surface area contributed by atoms with Crippen molar-refractivity contribution in [2.45, 2.75) is 97.1 Å². The van der Waals surface area contributed by atoms with Gasteiger partial charge in [0.05, 0.1) is 0 Å². The van der Waals surface area contributed by atoms with Gasteiger partial charge in [-0.15, -0.1) is 0 Å². The Balaban J connectivity index is 1.57. The fraction of sp³-hybridized carbons (Fsp3) is 0.696. The van der Waals surface area contributed by atoms with E-state index in [-0.39, 0.29) is 0 Å². The van der Waals surface area contributed by atoms with Gasteiger partial charge in [-0.25, -0.2) is 0 Å². The molecule has 0 radical (unpaired) electrons. The second-order valence-corrected chi connectivity index (χ2v) is 7.70. The van der Waals surface area contributed by atoms with Gasteiger partial charge < -0.3 is 0 Å². The van der Waals surface area contributed by atoms with Crippen LogP contribution < -0.4 is 5.32 Å². The zero-order valence-electron chi connectivity index (χ0n) is 16.6. The smallest absolute Gasteiger partial charge is 0.242 e. The summed E-state index contributed by atoms with van der Waals surface area (Å²) >= 11 is 0. The number of unbranched alkanes of at least 4 members (excludes halogenated alkanes) is 9. The lowest BCUT2D eigenvalue weighted by Gasteiger charge is -2.13. The molecule has 0 saturated heterocycles. The number of amidine groups is 1. The molecule has 2 rings (SSSR count). The van der Waals surface area contributed by atoms with E-state index in [1.165, 1.54) is 82.0 Å². The highest BCUT2D eigenvalue weighted by atomic mass is 15.2. The average molecular weight is 344 g/mol. The summed E-state index contributed by atoms with van der Waals surface area (Å²) in [4.78, 5) is 0. The Kier molecular flexibility index (Phi) is 9.69. The molecule has 0 fully saturated rings. The Bertz CT molecular complexity index is 492. The normalized spacial score (nSPS) is 17.1. The van der Waals surface area contributed by atoms with E-state index in [1.807, 2.05) is 0 Å². The molecule has 1 aliphatic heterocycles. The second-order valence-electron chi connectivity index (χ2n) is 7.70. The van der Waals surface area contributed by atoms with Crippen LogP contribution in [0.2, 0.25) is 0 Å². The maximum Gasteiger partial charge on any atom is 0.242 e. The van der Waals surface area contributed by atoms with E-state index in [2.05, 4.69) is 54.1 Å². The Hall–Kier alpha value is -1.31. The lowest BCUT2D eigenvalue weighted by atomic mass is 10.0. The van der Waals surface area contributed by atoms with Gasteiger partial charge in [0, 0.05) is 6.92 Å². The van der Waals surface area contributed by atoms with Crippen molar-refractivity contribution >= 4 is 5.84 Å². The van der Waals surface area contributed by atoms with Crippen LogP contribution in [0.25, 0.3) is 0 Å². The van der Waals surface area contributed by atoms with Crippen molar-refractivity contribution in [3.8, 4) is 0 Å². The van der Waals surface area contributed by atoms with Gasteiger partial charge in [0.2, 0.25) is 5.84 Å². The number of benzene rings is 1. The van der Waals surface area contributed by atoms with E-state index in [4.69, 9.17) is 0 Å². The quantitative estimate of drug-likeness (QED) is 0.348. The van der Waals surface area contributed by atoms with E-state index in [0.29, 0.717) is 6.04 Å². The maximum atomic E-state index is 3.57. The van der Waals surface area contributed by atoms with Gasteiger partial charge in [-0.3, -0.25) is 9.89 Å². The van der Waals surface area contributed by atoms with Crippen LogP contribution in [-0.2, 0) is 6.54 Å². The van der Waals surface area contributed by atoms with Gasteiger partial charge in [0.15, 0.2) is 0 Å². The highest BCUT2D eigenvalue weighted by Crippen LogP contribution is 2.15. The van der Waals surface area contributed by atoms with Crippen LogP contribution in [0.1, 0.15) is 90.0 Å². The molecule has 0 aromatic heterocycles. The molecule has 0 aliphatic carbocycles. The van der Waals surface area contributed by atoms with Crippen LogP contribution in [-0.4, -0.2) is 23.0 Å². The highest BCUT2D eigenvalue weighted by molar-refractivity contribution is 5.75. The lowest BCUT2D eigenvalue weighted by molar-refractivity contribution is -0.572. The predicted molar refractivity (Wildman–Crippen MR) is 109 cm³/mol. The molecule has 1 atom stereocenters. The SMILES string of the molecule is CCCCCCCCCCCCC1CNC(C)=[N+]1Cc1ccccc1. The third-order valence-electron chi connectivity index (χ3n) is 5.55. The zero-order chi connectivity index (χ0) is 17.7. The fourth-order valence-electron chi connectivity index (χ4n) is 3.90. The van der Waals surface area contributed by atoms with Crippen molar-refractivity contribution in [2.24, 2.45) is 0 Å². The minimum atomic E-state index is 0.675. The molecule has 0 amide bonds. The van der Waals surface area contributed by atoms with Gasteiger partial charge in [-0.1, -0.05) is 95.0 Å². The first-order chi connectivity index (χ1) is 12.3. The maximum absolute atomic E-state index is 3.57. The number of nitrogens with zero attached hydrogens (tertiary/aromatic N) is 1. The fourth-order valence-corrected chi connectivity index (χ4v) is 3.90. The van der Waals surface area contributed by atoms with Crippen molar-refractivity contribution in [1.82, 2.24) is 5.32 Å². The number of rotatable bonds is 13. The summed E-state index contributed by atoms with van der Waals surface area (Å²) in [6.45, 7) is 6.68. The number of hydrogen-bond donors (Lipinski definition) is 1. The average Bonchev–Trinajstić information content (AvgIpc) is 2.97. The summed E-state index contributed by atoms with van der Waals surface area (Å²) in [6, 6.07) is 11.5. The molecule has 1 aromatic rings. The van der Waals surface area contributed by atoms with Crippen LogP contribution >= 0.6 is 0 Å². The molecule has 0 spiro atoms. The Morgan fingerprint density at radius 2 is 1.48 bits per heavy atom. The topological polar surface area (TPSA) is 15.0 Å². The molecule has 25 heavy (non-hydrogen) atoms. The van der Waals surface area contributed by atoms with E-state index in [1.54, 1.807) is 0 Å². The standard InChI is InChI=1S/C23H38N2/c1-3-4-5-6-7-8-9-10-11-15-18-23-19-24-21(2)25(23)20-22-16-13-12-14-17-22/h12-14,16-17,23H,3-11,15,18-20H2,1-2H3/p+1. The van der Waals surface area contributed by atoms with Gasteiger partial charge in [-0.2, -0.15) is 0 Å². The Morgan fingerprint density at radius 1 is 0.880 bits per heavy atom. The van der Waals surface area contributed by atoms with Crippen molar-refractivity contribution < 1.29 is 4.58 Å². The molecular formula is C23H39N2+. The van der Waals surface area contributed by atoms with Gasteiger partial charge in [0.25, 0.3) is 0 Å². The monoisotopic (exact) mass is 343 g/mol. The Labute approximate surface area is 155 Å². The summed E-state index contributed by atoms with van der Waals surface area (Å²) in [5.41, 5.74) is 1.42. The number of hydrogen-bond acceptors (Lipinski definition) is 1. The minimum Gasteiger partial charge on any atom is -0.274 e. The first-order valence-corrected chi connectivity index (χ1v) is 10.7. The van der Waals surface area contributed by atoms with Crippen LogP contribution in [0.4, 0.5) is 0 Å². The summed E-state index contributed by atoms with van der Waals surface area (Å²) in [5, 5.41) is 3.57. The van der Waals surface area contributed by atoms with Crippen LogP contribution in [0.15, 0.2) is 30.3 Å². The molecule has 1 aliphatic rings. The summed E-state index contributed by atoms with van der Waals surface area (Å²) in [5.74, 6) is 1.35. The number of nitrogens with one attached hydrogen (secondary N) is 1. The van der Waals surface area contributed by atoms with E-state index < -0.39 is 0 Å². The molecule has 1 aromatic carbocycles. The van der Waals surface area contributed by atoms with E-state index in [0.717, 1.165) is 13.1 Å². The van der Waals surface area contributed by atoms with Crippen molar-refractivity contribution in [3.05, 3.63) is 35.9 Å². The first kappa shape index (κ1) is 20.0. The largest absolute Gasteiger partial charge is 0.274 e. The summed E-state index contributed by atoms with van der Waals surface area (Å²) < 4.78 is 2.57. The summed E-state index contributed by atoms with van der Waals surface area (Å²) in [6.07, 6.45) is 15.5. The third-order valence-corrected chi connectivity index (χ3v) is 5.55. The van der Waals surface area contributed by atoms with Gasteiger partial charge in [0.1, 0.15) is 19.1 Å². The van der Waals surface area contributed by atoms with E-state index in [9.17, 15) is 0 Å². The first-order valence-electron chi connectivity index (χ1n) is 10.7. The third kappa shape index (κ3) is 7.63. The van der Waals surface area contributed by atoms with E-state index >= 15 is 0 Å². The van der Waals surface area contributed by atoms with Crippen molar-refractivity contribution in [2.75, 3.05) is 6.54 Å². The minimum absolute atomic E-state index is 0.675. The molecular weight excluding hydrogens is 304 g/mol. The van der Waals surface area contributed by atoms with Crippen LogP contribution in [0.3, 0.4) is 0 Å². The molecule has 2 nitrogen and oxygen atoms in total. The molecule has 1 unspecified atom stereocenters. The van der Waals surface area contributed by atoms with Gasteiger partial charge in [-0.05, 0) is 18.4 Å². The highest BCUT2D eigenvalue weighted by Gasteiger charge is 2.28. The molecule has 2 heteroatoms.